The predicted molar refractivity (Wildman–Crippen MR) is 97.9 cm³/mol. The Hall–Kier alpha value is -3.26. The Balaban J connectivity index is 1.31. The van der Waals surface area contributed by atoms with Gasteiger partial charge in [-0.25, -0.2) is 0 Å². The van der Waals surface area contributed by atoms with Gasteiger partial charge in [-0.1, -0.05) is 22.8 Å². The van der Waals surface area contributed by atoms with Crippen LogP contribution in [0.2, 0.25) is 5.02 Å². The number of aryl methyl sites for hydroxylation is 1. The van der Waals surface area contributed by atoms with E-state index in [1.807, 2.05) is 40.9 Å². The average molecular weight is 383 g/mol. The molecule has 0 bridgehead atoms. The molecule has 0 aliphatic carbocycles. The summed E-state index contributed by atoms with van der Waals surface area (Å²) in [7, 11) is 0. The molecule has 0 unspecified atom stereocenters. The maximum atomic E-state index is 12.1. The molecule has 3 aromatic heterocycles. The van der Waals surface area contributed by atoms with E-state index in [9.17, 15) is 4.79 Å². The maximum absolute atomic E-state index is 12.1. The summed E-state index contributed by atoms with van der Waals surface area (Å²) in [4.78, 5) is 16.4. The van der Waals surface area contributed by atoms with Crippen molar-refractivity contribution >= 4 is 23.2 Å². The van der Waals surface area contributed by atoms with Crippen LogP contribution in [-0.4, -0.2) is 30.6 Å². The fraction of sp³-hybridized carbons (Fsp3) is 0.167. The third-order valence-corrected chi connectivity index (χ3v) is 4.22. The molecule has 0 aliphatic heterocycles. The number of carbonyl (C=O) groups is 1. The van der Waals surface area contributed by atoms with Gasteiger partial charge in [0.2, 0.25) is 17.6 Å². The summed E-state index contributed by atoms with van der Waals surface area (Å²) in [5.74, 6) is 1.41. The number of nitrogens with zero attached hydrogens (tertiary/aromatic N) is 5. The Bertz CT molecular complexity index is 1070. The van der Waals surface area contributed by atoms with Gasteiger partial charge >= 0.3 is 0 Å². The molecule has 9 heteroatoms. The summed E-state index contributed by atoms with van der Waals surface area (Å²) in [6.07, 6.45) is 2.44. The molecule has 8 nitrogen and oxygen atoms in total. The lowest BCUT2D eigenvalue weighted by molar-refractivity contribution is -0.121. The highest BCUT2D eigenvalue weighted by Crippen LogP contribution is 2.19. The molecule has 0 radical (unpaired) electrons. The number of nitrogens with one attached hydrogen (secondary N) is 1. The van der Waals surface area contributed by atoms with Crippen LogP contribution in [0.25, 0.3) is 17.0 Å². The minimum atomic E-state index is -0.131. The average Bonchev–Trinajstić information content (AvgIpc) is 3.32. The summed E-state index contributed by atoms with van der Waals surface area (Å²) in [6.45, 7) is 0.296. The van der Waals surface area contributed by atoms with Crippen molar-refractivity contribution in [1.29, 1.82) is 0 Å². The van der Waals surface area contributed by atoms with Crippen LogP contribution in [0.5, 0.6) is 0 Å². The van der Waals surface area contributed by atoms with Gasteiger partial charge in [-0.05, 0) is 36.4 Å². The number of benzene rings is 1. The number of carbonyl (C=O) groups excluding carboxylic acids is 1. The fourth-order valence-corrected chi connectivity index (χ4v) is 2.70. The van der Waals surface area contributed by atoms with E-state index in [2.05, 4.69) is 25.7 Å². The minimum absolute atomic E-state index is 0.131. The lowest BCUT2D eigenvalue weighted by atomic mass is 10.2. The zero-order valence-corrected chi connectivity index (χ0v) is 14.9. The maximum Gasteiger partial charge on any atom is 0.227 e. The van der Waals surface area contributed by atoms with Gasteiger partial charge in [0.05, 0.1) is 6.54 Å². The van der Waals surface area contributed by atoms with Crippen LogP contribution in [0.1, 0.15) is 18.1 Å². The molecule has 0 spiro atoms. The summed E-state index contributed by atoms with van der Waals surface area (Å²) in [6, 6.07) is 12.8. The van der Waals surface area contributed by atoms with Crippen LogP contribution in [0.3, 0.4) is 0 Å². The van der Waals surface area contributed by atoms with Gasteiger partial charge in [-0.2, -0.15) is 4.98 Å². The first-order valence-electron chi connectivity index (χ1n) is 8.33. The van der Waals surface area contributed by atoms with Crippen LogP contribution in [-0.2, 0) is 17.8 Å². The predicted octanol–water partition coefficient (Wildman–Crippen LogP) is 2.68. The number of aromatic nitrogens is 5. The zero-order chi connectivity index (χ0) is 18.6. The summed E-state index contributed by atoms with van der Waals surface area (Å²) < 4.78 is 7.04. The molecule has 0 saturated heterocycles. The molecule has 27 heavy (non-hydrogen) atoms. The van der Waals surface area contributed by atoms with E-state index in [4.69, 9.17) is 16.1 Å². The van der Waals surface area contributed by atoms with Crippen molar-refractivity contribution in [2.75, 3.05) is 0 Å². The van der Waals surface area contributed by atoms with Gasteiger partial charge in [-0.3, -0.25) is 9.20 Å². The van der Waals surface area contributed by atoms with Gasteiger partial charge in [0.15, 0.2) is 11.5 Å². The SMILES string of the molecule is O=C(CCc1nc(-c2ccc(Cl)cc2)no1)NCc1nnc2ccccn12. The van der Waals surface area contributed by atoms with Crippen LogP contribution in [0.4, 0.5) is 0 Å². The molecular weight excluding hydrogens is 368 g/mol. The Morgan fingerprint density at radius 2 is 2.00 bits per heavy atom. The van der Waals surface area contributed by atoms with E-state index in [1.54, 1.807) is 12.1 Å². The smallest absolute Gasteiger partial charge is 0.227 e. The Labute approximate surface area is 159 Å². The molecule has 136 valence electrons. The van der Waals surface area contributed by atoms with E-state index in [0.717, 1.165) is 11.2 Å². The first kappa shape index (κ1) is 17.2. The number of rotatable bonds is 6. The number of hydrogen-bond donors (Lipinski definition) is 1. The molecule has 0 fully saturated rings. The van der Waals surface area contributed by atoms with Crippen LogP contribution in [0.15, 0.2) is 53.2 Å². The number of fused-ring (bicyclic) bond motifs is 1. The molecule has 1 amide bonds. The van der Waals surface area contributed by atoms with Crippen LogP contribution < -0.4 is 5.32 Å². The normalized spacial score (nSPS) is 11.0. The van der Waals surface area contributed by atoms with Crippen LogP contribution >= 0.6 is 11.6 Å². The second-order valence-corrected chi connectivity index (χ2v) is 6.28. The monoisotopic (exact) mass is 382 g/mol. The van der Waals surface area contributed by atoms with Gasteiger partial charge in [-0.15, -0.1) is 10.2 Å². The van der Waals surface area contributed by atoms with E-state index in [0.29, 0.717) is 35.5 Å². The van der Waals surface area contributed by atoms with Crippen LogP contribution in [0, 0.1) is 0 Å². The first-order chi connectivity index (χ1) is 13.2. The van der Waals surface area contributed by atoms with Gasteiger partial charge < -0.3 is 9.84 Å². The second kappa shape index (κ2) is 7.55. The van der Waals surface area contributed by atoms with E-state index < -0.39 is 0 Å². The van der Waals surface area contributed by atoms with E-state index in [1.165, 1.54) is 0 Å². The summed E-state index contributed by atoms with van der Waals surface area (Å²) in [5.41, 5.74) is 1.54. The minimum Gasteiger partial charge on any atom is -0.349 e. The molecule has 3 heterocycles. The first-order valence-corrected chi connectivity index (χ1v) is 8.71. The van der Waals surface area contributed by atoms with Gasteiger partial charge in [0.25, 0.3) is 0 Å². The highest BCUT2D eigenvalue weighted by atomic mass is 35.5. The third kappa shape index (κ3) is 3.95. The van der Waals surface area contributed by atoms with Crippen molar-refractivity contribution in [2.24, 2.45) is 0 Å². The molecule has 0 atom stereocenters. The van der Waals surface area contributed by atoms with Crippen molar-refractivity contribution in [1.82, 2.24) is 30.1 Å². The Morgan fingerprint density at radius 1 is 1.15 bits per heavy atom. The Morgan fingerprint density at radius 3 is 2.85 bits per heavy atom. The van der Waals surface area contributed by atoms with Gasteiger partial charge in [0.1, 0.15) is 0 Å². The lowest BCUT2D eigenvalue weighted by Gasteiger charge is -2.02. The van der Waals surface area contributed by atoms with Crippen molar-refractivity contribution < 1.29 is 9.32 Å². The highest BCUT2D eigenvalue weighted by molar-refractivity contribution is 6.30. The van der Waals surface area contributed by atoms with Crippen molar-refractivity contribution in [3.63, 3.8) is 0 Å². The molecule has 1 aromatic carbocycles. The lowest BCUT2D eigenvalue weighted by Crippen LogP contribution is -2.24. The second-order valence-electron chi connectivity index (χ2n) is 5.84. The zero-order valence-electron chi connectivity index (χ0n) is 14.2. The van der Waals surface area contributed by atoms with Gasteiger partial charge in [0, 0.05) is 29.6 Å². The topological polar surface area (TPSA) is 98.2 Å². The quantitative estimate of drug-likeness (QED) is 0.550. The largest absolute Gasteiger partial charge is 0.349 e. The van der Waals surface area contributed by atoms with Crippen molar-refractivity contribution in [3.05, 3.63) is 65.4 Å². The molecule has 1 N–H and O–H groups in total. The molecule has 0 saturated carbocycles. The summed E-state index contributed by atoms with van der Waals surface area (Å²) in [5, 5.41) is 15.5. The fourth-order valence-electron chi connectivity index (χ4n) is 2.57. The van der Waals surface area contributed by atoms with Crippen molar-refractivity contribution in [2.45, 2.75) is 19.4 Å². The molecular formula is C18H15ClN6O2. The molecule has 4 aromatic rings. The number of halogens is 1. The van der Waals surface area contributed by atoms with Crippen molar-refractivity contribution in [3.8, 4) is 11.4 Å². The number of amides is 1. The standard InChI is InChI=1S/C18H15ClN6O2/c19-13-6-4-12(5-7-13)18-21-17(27-24-18)9-8-16(26)20-11-15-23-22-14-3-1-2-10-25(14)15/h1-7,10H,8-9,11H2,(H,20,26). The highest BCUT2D eigenvalue weighted by Gasteiger charge is 2.12. The molecule has 0 aliphatic rings. The number of hydrogen-bond acceptors (Lipinski definition) is 6. The summed E-state index contributed by atoms with van der Waals surface area (Å²) >= 11 is 5.87. The third-order valence-electron chi connectivity index (χ3n) is 3.96. The molecule has 4 rings (SSSR count). The van der Waals surface area contributed by atoms with E-state index in [-0.39, 0.29) is 12.3 Å². The van der Waals surface area contributed by atoms with E-state index >= 15 is 0 Å². The number of pyridine rings is 1. The Kier molecular flexibility index (Phi) is 4.80.